The second-order valence-electron chi connectivity index (χ2n) is 9.99. The fraction of sp³-hybridized carbons (Fsp3) is 0.355. The number of rotatable bonds is 10. The normalized spacial score (nSPS) is 13.1. The fourth-order valence-corrected chi connectivity index (χ4v) is 4.68. The van der Waals surface area contributed by atoms with Crippen LogP contribution in [0.25, 0.3) is 0 Å². The molecule has 4 rings (SSSR count). The third-order valence-corrected chi connectivity index (χ3v) is 6.65. The molecule has 1 saturated heterocycles. The molecule has 0 bridgehead atoms. The molecule has 0 saturated carbocycles. The molecule has 1 heterocycles. The first-order valence-electron chi connectivity index (χ1n) is 13.7. The zero-order chi connectivity index (χ0) is 28.5. The van der Waals surface area contributed by atoms with Crippen molar-refractivity contribution >= 4 is 34.7 Å². The number of anilines is 4. The van der Waals surface area contributed by atoms with Gasteiger partial charge >= 0.3 is 6.03 Å². The number of carbonyl (C=O) groups is 2. The molecule has 40 heavy (non-hydrogen) atoms. The summed E-state index contributed by atoms with van der Waals surface area (Å²) < 4.78 is 11.2. The maximum Gasteiger partial charge on any atom is 0.323 e. The Morgan fingerprint density at radius 2 is 1.50 bits per heavy atom. The van der Waals surface area contributed by atoms with Gasteiger partial charge < -0.3 is 35.2 Å². The predicted molar refractivity (Wildman–Crippen MR) is 161 cm³/mol. The molecular weight excluding hydrogens is 506 g/mol. The van der Waals surface area contributed by atoms with Crippen molar-refractivity contribution in [3.8, 4) is 11.5 Å². The Morgan fingerprint density at radius 1 is 0.850 bits per heavy atom. The number of nitrogens with one attached hydrogen (secondary N) is 3. The van der Waals surface area contributed by atoms with Gasteiger partial charge in [-0.25, -0.2) is 4.79 Å². The molecule has 0 unspecified atom stereocenters. The number of carbonyl (C=O) groups excluding carboxylic acids is 2. The van der Waals surface area contributed by atoms with Crippen molar-refractivity contribution in [2.75, 3.05) is 66.9 Å². The Labute approximate surface area is 236 Å². The monoisotopic (exact) mass is 545 g/mol. The van der Waals surface area contributed by atoms with Gasteiger partial charge in [-0.15, -0.1) is 0 Å². The number of nitrogens with zero attached hydrogens (tertiary/aromatic N) is 2. The summed E-state index contributed by atoms with van der Waals surface area (Å²) in [5.74, 6) is 1.59. The summed E-state index contributed by atoms with van der Waals surface area (Å²) in [6, 6.07) is 20.3. The molecule has 9 nitrogen and oxygen atoms in total. The molecule has 1 aliphatic rings. The highest BCUT2D eigenvalue weighted by molar-refractivity contribution is 6.04. The van der Waals surface area contributed by atoms with Gasteiger partial charge in [-0.1, -0.05) is 38.1 Å². The number of benzene rings is 3. The van der Waals surface area contributed by atoms with E-state index in [0.717, 1.165) is 43.3 Å². The van der Waals surface area contributed by atoms with E-state index in [2.05, 4.69) is 45.7 Å². The summed E-state index contributed by atoms with van der Waals surface area (Å²) in [4.78, 5) is 30.7. The fourth-order valence-electron chi connectivity index (χ4n) is 4.68. The van der Waals surface area contributed by atoms with Gasteiger partial charge in [-0.3, -0.25) is 4.79 Å². The molecule has 0 atom stereocenters. The SMILES string of the molecule is CCOc1ccccc1NC(=O)Nc1ccc(N2CCN(c3ccccc3OC)CC2)c(C(=O)NCC(C)C)c1. The summed E-state index contributed by atoms with van der Waals surface area (Å²) in [6.07, 6.45) is 0. The zero-order valence-corrected chi connectivity index (χ0v) is 23.7. The quantitative estimate of drug-likeness (QED) is 0.314. The zero-order valence-electron chi connectivity index (χ0n) is 23.7. The van der Waals surface area contributed by atoms with Crippen molar-refractivity contribution in [3.63, 3.8) is 0 Å². The molecule has 0 radical (unpaired) electrons. The minimum Gasteiger partial charge on any atom is -0.495 e. The van der Waals surface area contributed by atoms with E-state index in [9.17, 15) is 9.59 Å². The Bertz CT molecular complexity index is 1300. The van der Waals surface area contributed by atoms with Gasteiger partial charge in [0.2, 0.25) is 0 Å². The first kappa shape index (κ1) is 28.6. The second kappa shape index (κ2) is 13.6. The minimum absolute atomic E-state index is 0.165. The Morgan fingerprint density at radius 3 is 2.17 bits per heavy atom. The lowest BCUT2D eigenvalue weighted by Gasteiger charge is -2.38. The summed E-state index contributed by atoms with van der Waals surface area (Å²) >= 11 is 0. The van der Waals surface area contributed by atoms with Gasteiger partial charge in [0.25, 0.3) is 5.91 Å². The standard InChI is InChI=1S/C31H39N5O4/c1-5-40-28-12-8-6-10-25(28)34-31(38)33-23-14-15-26(24(20-23)30(37)32-21-22(2)3)35-16-18-36(19-17-35)27-11-7-9-13-29(27)39-4/h6-15,20,22H,5,16-19,21H2,1-4H3,(H,32,37)(H2,33,34,38). The van der Waals surface area contributed by atoms with Crippen LogP contribution in [-0.4, -0.2) is 58.4 Å². The Balaban J connectivity index is 1.51. The van der Waals surface area contributed by atoms with Crippen LogP contribution < -0.4 is 35.2 Å². The number of hydrogen-bond donors (Lipinski definition) is 3. The van der Waals surface area contributed by atoms with Crippen LogP contribution in [0.5, 0.6) is 11.5 Å². The molecule has 1 aliphatic heterocycles. The largest absolute Gasteiger partial charge is 0.495 e. The minimum atomic E-state index is -0.418. The number of ether oxygens (including phenoxy) is 2. The van der Waals surface area contributed by atoms with Crippen molar-refractivity contribution in [3.05, 3.63) is 72.3 Å². The van der Waals surface area contributed by atoms with Crippen molar-refractivity contribution in [2.24, 2.45) is 5.92 Å². The number of amides is 3. The number of methoxy groups -OCH3 is 1. The molecule has 0 aromatic heterocycles. The van der Waals surface area contributed by atoms with Gasteiger partial charge in [0, 0.05) is 44.1 Å². The van der Waals surface area contributed by atoms with Crippen LogP contribution in [0.1, 0.15) is 31.1 Å². The van der Waals surface area contributed by atoms with E-state index in [1.165, 1.54) is 0 Å². The number of para-hydroxylation sites is 4. The molecular formula is C31H39N5O4. The van der Waals surface area contributed by atoms with Gasteiger partial charge in [-0.05, 0) is 55.3 Å². The third-order valence-electron chi connectivity index (χ3n) is 6.65. The summed E-state index contributed by atoms with van der Waals surface area (Å²) in [7, 11) is 1.69. The van der Waals surface area contributed by atoms with Gasteiger partial charge in [0.1, 0.15) is 11.5 Å². The lowest BCUT2D eigenvalue weighted by molar-refractivity contribution is 0.0949. The third kappa shape index (κ3) is 7.16. The highest BCUT2D eigenvalue weighted by Gasteiger charge is 2.24. The molecule has 3 aromatic rings. The van der Waals surface area contributed by atoms with Crippen LogP contribution in [0.2, 0.25) is 0 Å². The lowest BCUT2D eigenvalue weighted by atomic mass is 10.1. The summed E-state index contributed by atoms with van der Waals surface area (Å²) in [5, 5.41) is 8.74. The molecule has 0 spiro atoms. The van der Waals surface area contributed by atoms with Gasteiger partial charge in [0.05, 0.1) is 30.7 Å². The topological polar surface area (TPSA) is 95.2 Å². The molecule has 1 fully saturated rings. The molecule has 3 amide bonds. The lowest BCUT2D eigenvalue weighted by Crippen LogP contribution is -2.47. The Hall–Kier alpha value is -4.40. The van der Waals surface area contributed by atoms with E-state index < -0.39 is 6.03 Å². The van der Waals surface area contributed by atoms with Crippen LogP contribution in [0.3, 0.4) is 0 Å². The molecule has 0 aliphatic carbocycles. The average Bonchev–Trinajstić information content (AvgIpc) is 2.97. The second-order valence-corrected chi connectivity index (χ2v) is 9.99. The van der Waals surface area contributed by atoms with Crippen LogP contribution in [0.4, 0.5) is 27.5 Å². The first-order valence-corrected chi connectivity index (χ1v) is 13.7. The summed E-state index contributed by atoms with van der Waals surface area (Å²) in [5.41, 5.74) is 3.53. The van der Waals surface area contributed by atoms with Crippen molar-refractivity contribution in [1.29, 1.82) is 0 Å². The van der Waals surface area contributed by atoms with E-state index in [4.69, 9.17) is 9.47 Å². The van der Waals surface area contributed by atoms with Crippen LogP contribution >= 0.6 is 0 Å². The maximum atomic E-state index is 13.3. The molecule has 3 N–H and O–H groups in total. The van der Waals surface area contributed by atoms with Crippen molar-refractivity contribution in [1.82, 2.24) is 5.32 Å². The average molecular weight is 546 g/mol. The number of urea groups is 1. The molecule has 3 aromatic carbocycles. The smallest absolute Gasteiger partial charge is 0.323 e. The highest BCUT2D eigenvalue weighted by atomic mass is 16.5. The van der Waals surface area contributed by atoms with E-state index in [0.29, 0.717) is 41.8 Å². The van der Waals surface area contributed by atoms with E-state index in [1.807, 2.05) is 49.4 Å². The summed E-state index contributed by atoms with van der Waals surface area (Å²) in [6.45, 7) is 10.1. The van der Waals surface area contributed by atoms with Crippen LogP contribution in [0.15, 0.2) is 66.7 Å². The van der Waals surface area contributed by atoms with E-state index >= 15 is 0 Å². The van der Waals surface area contributed by atoms with Crippen LogP contribution in [-0.2, 0) is 0 Å². The van der Waals surface area contributed by atoms with Crippen molar-refractivity contribution < 1.29 is 19.1 Å². The van der Waals surface area contributed by atoms with Gasteiger partial charge in [-0.2, -0.15) is 0 Å². The van der Waals surface area contributed by atoms with Gasteiger partial charge in [0.15, 0.2) is 0 Å². The number of hydrogen-bond acceptors (Lipinski definition) is 6. The number of piperazine rings is 1. The van der Waals surface area contributed by atoms with E-state index in [1.54, 1.807) is 25.3 Å². The van der Waals surface area contributed by atoms with Crippen LogP contribution in [0, 0.1) is 5.92 Å². The maximum absolute atomic E-state index is 13.3. The molecule has 212 valence electrons. The first-order chi connectivity index (χ1) is 19.4. The Kier molecular flexibility index (Phi) is 9.72. The highest BCUT2D eigenvalue weighted by Crippen LogP contribution is 2.31. The molecule has 9 heteroatoms. The van der Waals surface area contributed by atoms with E-state index in [-0.39, 0.29) is 5.91 Å². The van der Waals surface area contributed by atoms with Crippen molar-refractivity contribution in [2.45, 2.75) is 20.8 Å². The predicted octanol–water partition coefficient (Wildman–Crippen LogP) is 5.45.